The van der Waals surface area contributed by atoms with Gasteiger partial charge in [-0.25, -0.2) is 0 Å². The number of carbonyl (C=O) groups is 1. The fraction of sp³-hybridized carbons (Fsp3) is 0.909. The van der Waals surface area contributed by atoms with E-state index in [9.17, 15) is 18.0 Å². The van der Waals surface area contributed by atoms with Gasteiger partial charge in [-0.2, -0.15) is 13.2 Å². The molecule has 0 saturated heterocycles. The van der Waals surface area contributed by atoms with Gasteiger partial charge in [0.1, 0.15) is 0 Å². The highest BCUT2D eigenvalue weighted by Crippen LogP contribution is 2.26. The molecule has 0 rings (SSSR count). The predicted molar refractivity (Wildman–Crippen MR) is 60.3 cm³/mol. The molecule has 0 radical (unpaired) electrons. The molecule has 0 aliphatic rings. The zero-order chi connectivity index (χ0) is 14.3. The second kappa shape index (κ2) is 7.58. The summed E-state index contributed by atoms with van der Waals surface area (Å²) in [6, 6.07) is -0.297. The molecule has 0 aliphatic heterocycles. The van der Waals surface area contributed by atoms with Crippen molar-refractivity contribution < 1.29 is 27.8 Å². The van der Waals surface area contributed by atoms with Crippen molar-refractivity contribution in [2.24, 2.45) is 11.8 Å². The van der Waals surface area contributed by atoms with Crippen molar-refractivity contribution in [1.82, 2.24) is 5.32 Å². The van der Waals surface area contributed by atoms with Crippen LogP contribution >= 0.6 is 0 Å². The molecule has 2 atom stereocenters. The number of carboxylic acid groups (broad SMARTS) is 1. The second-order valence-electron chi connectivity index (χ2n) is 4.35. The molecule has 0 fully saturated rings. The lowest BCUT2D eigenvalue weighted by atomic mass is 10.0. The number of alkyl halides is 3. The van der Waals surface area contributed by atoms with Gasteiger partial charge in [-0.15, -0.1) is 0 Å². The summed E-state index contributed by atoms with van der Waals surface area (Å²) in [6.07, 6.45) is -4.74. The molecule has 0 heterocycles. The minimum atomic E-state index is -4.74. The number of halogens is 3. The zero-order valence-electron chi connectivity index (χ0n) is 10.8. The van der Waals surface area contributed by atoms with E-state index in [0.717, 1.165) is 0 Å². The van der Waals surface area contributed by atoms with Crippen LogP contribution < -0.4 is 5.32 Å². The lowest BCUT2D eigenvalue weighted by molar-refractivity contribution is -0.192. The highest BCUT2D eigenvalue weighted by atomic mass is 19.4. The Kier molecular flexibility index (Phi) is 7.23. The van der Waals surface area contributed by atoms with E-state index in [2.05, 4.69) is 5.32 Å². The maximum absolute atomic E-state index is 12.4. The van der Waals surface area contributed by atoms with Gasteiger partial charge in [-0.3, -0.25) is 4.79 Å². The SMILES string of the molecule is CCOCC(NCC(C(=O)O)C(F)(F)F)C(C)C. The van der Waals surface area contributed by atoms with Crippen molar-refractivity contribution in [1.29, 1.82) is 0 Å². The van der Waals surface area contributed by atoms with Gasteiger partial charge in [0.15, 0.2) is 5.92 Å². The minimum absolute atomic E-state index is 0.0548. The van der Waals surface area contributed by atoms with E-state index in [0.29, 0.717) is 6.61 Å². The van der Waals surface area contributed by atoms with Crippen molar-refractivity contribution in [2.75, 3.05) is 19.8 Å². The number of nitrogens with one attached hydrogen (secondary N) is 1. The Morgan fingerprint density at radius 3 is 2.28 bits per heavy atom. The molecule has 2 unspecified atom stereocenters. The summed E-state index contributed by atoms with van der Waals surface area (Å²) < 4.78 is 42.4. The van der Waals surface area contributed by atoms with Crippen LogP contribution in [-0.4, -0.2) is 43.1 Å². The van der Waals surface area contributed by atoms with Crippen molar-refractivity contribution in [3.05, 3.63) is 0 Å². The summed E-state index contributed by atoms with van der Waals surface area (Å²) in [6.45, 7) is 5.53. The van der Waals surface area contributed by atoms with E-state index < -0.39 is 24.6 Å². The minimum Gasteiger partial charge on any atom is -0.481 e. The number of aliphatic carboxylic acids is 1. The lowest BCUT2D eigenvalue weighted by Gasteiger charge is -2.25. The largest absolute Gasteiger partial charge is 0.481 e. The number of rotatable bonds is 8. The standard InChI is InChI=1S/C11H20F3NO3/c1-4-18-6-9(7(2)3)15-5-8(10(16)17)11(12,13)14/h7-9,15H,4-6H2,1-3H3,(H,16,17). The van der Waals surface area contributed by atoms with Crippen LogP contribution in [0.25, 0.3) is 0 Å². The van der Waals surface area contributed by atoms with Crippen LogP contribution in [0.4, 0.5) is 13.2 Å². The quantitative estimate of drug-likeness (QED) is 0.708. The highest BCUT2D eigenvalue weighted by molar-refractivity contribution is 5.71. The predicted octanol–water partition coefficient (Wildman–Crippen LogP) is 1.90. The highest BCUT2D eigenvalue weighted by Gasteiger charge is 2.45. The van der Waals surface area contributed by atoms with Crippen LogP contribution in [0, 0.1) is 11.8 Å². The third-order valence-electron chi connectivity index (χ3n) is 2.58. The van der Waals surface area contributed by atoms with E-state index in [1.807, 2.05) is 13.8 Å². The van der Waals surface area contributed by atoms with Crippen LogP contribution in [0.1, 0.15) is 20.8 Å². The number of hydrogen-bond acceptors (Lipinski definition) is 3. The molecule has 0 saturated carbocycles. The molecule has 0 aromatic carbocycles. The monoisotopic (exact) mass is 271 g/mol. The summed E-state index contributed by atoms with van der Waals surface area (Å²) in [5.74, 6) is -4.20. The van der Waals surface area contributed by atoms with Crippen molar-refractivity contribution in [3.63, 3.8) is 0 Å². The first-order chi connectivity index (χ1) is 8.20. The van der Waals surface area contributed by atoms with Gasteiger partial charge in [0.2, 0.25) is 0 Å². The zero-order valence-corrected chi connectivity index (χ0v) is 10.8. The Morgan fingerprint density at radius 2 is 1.94 bits per heavy atom. The molecule has 0 aromatic rings. The molecule has 18 heavy (non-hydrogen) atoms. The molecule has 0 amide bonds. The summed E-state index contributed by atoms with van der Waals surface area (Å²) in [4.78, 5) is 10.6. The third kappa shape index (κ3) is 6.20. The Bertz CT molecular complexity index is 256. The Morgan fingerprint density at radius 1 is 1.39 bits per heavy atom. The van der Waals surface area contributed by atoms with Crippen molar-refractivity contribution in [2.45, 2.75) is 33.0 Å². The summed E-state index contributed by atoms with van der Waals surface area (Å²) in [5, 5.41) is 11.2. The van der Waals surface area contributed by atoms with E-state index in [4.69, 9.17) is 9.84 Å². The Hall–Kier alpha value is -0.820. The van der Waals surface area contributed by atoms with Gasteiger partial charge >= 0.3 is 12.1 Å². The Labute approximate surface area is 105 Å². The fourth-order valence-corrected chi connectivity index (χ4v) is 1.34. The van der Waals surface area contributed by atoms with E-state index >= 15 is 0 Å². The van der Waals surface area contributed by atoms with E-state index in [-0.39, 0.29) is 18.6 Å². The average Bonchev–Trinajstić information content (AvgIpc) is 2.19. The van der Waals surface area contributed by atoms with Gasteiger partial charge in [0.25, 0.3) is 0 Å². The molecule has 0 aromatic heterocycles. The van der Waals surface area contributed by atoms with Crippen LogP contribution in [0.3, 0.4) is 0 Å². The summed E-state index contributed by atoms with van der Waals surface area (Å²) in [7, 11) is 0. The molecule has 7 heteroatoms. The first-order valence-electron chi connectivity index (χ1n) is 5.80. The molecule has 2 N–H and O–H groups in total. The maximum atomic E-state index is 12.4. The maximum Gasteiger partial charge on any atom is 0.403 e. The molecule has 4 nitrogen and oxygen atoms in total. The third-order valence-corrected chi connectivity index (χ3v) is 2.58. The number of carboxylic acids is 1. The molecule has 0 aliphatic carbocycles. The fourth-order valence-electron chi connectivity index (χ4n) is 1.34. The molecule has 0 bridgehead atoms. The van der Waals surface area contributed by atoms with Crippen LogP contribution in [0.15, 0.2) is 0 Å². The average molecular weight is 271 g/mol. The molecular formula is C11H20F3NO3. The number of ether oxygens (including phenoxy) is 1. The van der Waals surface area contributed by atoms with Crippen LogP contribution in [-0.2, 0) is 9.53 Å². The number of hydrogen-bond donors (Lipinski definition) is 2. The van der Waals surface area contributed by atoms with Gasteiger partial charge in [-0.1, -0.05) is 13.8 Å². The van der Waals surface area contributed by atoms with Crippen molar-refractivity contribution in [3.8, 4) is 0 Å². The van der Waals surface area contributed by atoms with Crippen LogP contribution in [0.5, 0.6) is 0 Å². The normalized spacial score (nSPS) is 15.7. The van der Waals surface area contributed by atoms with E-state index in [1.54, 1.807) is 6.92 Å². The van der Waals surface area contributed by atoms with Gasteiger partial charge in [0, 0.05) is 19.2 Å². The molecule has 0 spiro atoms. The van der Waals surface area contributed by atoms with E-state index in [1.165, 1.54) is 0 Å². The van der Waals surface area contributed by atoms with Gasteiger partial charge < -0.3 is 15.2 Å². The van der Waals surface area contributed by atoms with Crippen molar-refractivity contribution >= 4 is 5.97 Å². The second-order valence-corrected chi connectivity index (χ2v) is 4.35. The summed E-state index contributed by atoms with van der Waals surface area (Å²) in [5.41, 5.74) is 0. The molecular weight excluding hydrogens is 251 g/mol. The first-order valence-corrected chi connectivity index (χ1v) is 5.80. The first kappa shape index (κ1) is 17.2. The Balaban J connectivity index is 4.42. The van der Waals surface area contributed by atoms with Gasteiger partial charge in [-0.05, 0) is 12.8 Å². The lowest BCUT2D eigenvalue weighted by Crippen LogP contribution is -2.46. The molecule has 108 valence electrons. The topological polar surface area (TPSA) is 58.6 Å². The van der Waals surface area contributed by atoms with Gasteiger partial charge in [0.05, 0.1) is 6.61 Å². The van der Waals surface area contributed by atoms with Crippen LogP contribution in [0.2, 0.25) is 0 Å². The summed E-state index contributed by atoms with van der Waals surface area (Å²) >= 11 is 0. The smallest absolute Gasteiger partial charge is 0.403 e.